The van der Waals surface area contributed by atoms with Gasteiger partial charge in [0.05, 0.1) is 23.9 Å². The Bertz CT molecular complexity index is 531. The van der Waals surface area contributed by atoms with Gasteiger partial charge in [-0.3, -0.25) is 10.1 Å². The van der Waals surface area contributed by atoms with Gasteiger partial charge in [0, 0.05) is 6.07 Å². The maximum absolute atomic E-state index is 10.7. The van der Waals surface area contributed by atoms with Crippen LogP contribution in [0.3, 0.4) is 0 Å². The molecule has 2 N–H and O–H groups in total. The summed E-state index contributed by atoms with van der Waals surface area (Å²) >= 11 is 0. The molecule has 1 aromatic carbocycles. The largest absolute Gasteiger partial charge is 0.484 e. The number of ether oxygens (including phenoxy) is 2. The second kappa shape index (κ2) is 7.02. The van der Waals surface area contributed by atoms with Gasteiger partial charge in [0.2, 0.25) is 10.0 Å². The lowest BCUT2D eigenvalue weighted by molar-refractivity contribution is -0.385. The quantitative estimate of drug-likeness (QED) is 0.417. The summed E-state index contributed by atoms with van der Waals surface area (Å²) in [5.41, 5.74) is -0.132. The Labute approximate surface area is 110 Å². The molecule has 0 aliphatic rings. The highest BCUT2D eigenvalue weighted by Gasteiger charge is 2.13. The minimum absolute atomic E-state index is 0.0426. The van der Waals surface area contributed by atoms with Gasteiger partial charge in [-0.25, -0.2) is 13.6 Å². The van der Waals surface area contributed by atoms with E-state index in [0.717, 1.165) is 0 Å². The van der Waals surface area contributed by atoms with Crippen molar-refractivity contribution in [1.82, 2.24) is 0 Å². The molecule has 0 spiro atoms. The Morgan fingerprint density at radius 1 is 1.21 bits per heavy atom. The fourth-order valence-corrected chi connectivity index (χ4v) is 1.57. The summed E-state index contributed by atoms with van der Waals surface area (Å²) < 4.78 is 31.4. The van der Waals surface area contributed by atoms with Gasteiger partial charge in [0.15, 0.2) is 5.75 Å². The van der Waals surface area contributed by atoms with E-state index in [9.17, 15) is 18.5 Å². The van der Waals surface area contributed by atoms with E-state index < -0.39 is 14.9 Å². The Hall–Kier alpha value is -1.71. The molecule has 0 fully saturated rings. The van der Waals surface area contributed by atoms with Gasteiger partial charge in [-0.15, -0.1) is 0 Å². The highest BCUT2D eigenvalue weighted by molar-refractivity contribution is 7.89. The third kappa shape index (κ3) is 6.13. The van der Waals surface area contributed by atoms with Crippen LogP contribution < -0.4 is 9.88 Å². The summed E-state index contributed by atoms with van der Waals surface area (Å²) in [6, 6.07) is 5.96. The number of hydrogen-bond donors (Lipinski definition) is 1. The van der Waals surface area contributed by atoms with Gasteiger partial charge in [-0.1, -0.05) is 12.1 Å². The number of nitrogens with two attached hydrogens (primary N) is 1. The first-order chi connectivity index (χ1) is 8.90. The molecule has 106 valence electrons. The first-order valence-electron chi connectivity index (χ1n) is 5.34. The minimum atomic E-state index is -3.54. The van der Waals surface area contributed by atoms with Gasteiger partial charge in [0.25, 0.3) is 0 Å². The van der Waals surface area contributed by atoms with Crippen LogP contribution in [0.15, 0.2) is 24.3 Å². The van der Waals surface area contributed by atoms with Crippen molar-refractivity contribution in [3.63, 3.8) is 0 Å². The molecule has 0 amide bonds. The van der Waals surface area contributed by atoms with Crippen LogP contribution in [0.1, 0.15) is 0 Å². The van der Waals surface area contributed by atoms with E-state index in [1.54, 1.807) is 6.07 Å². The second-order valence-corrected chi connectivity index (χ2v) is 5.29. The number of nitro benzene ring substituents is 1. The summed E-state index contributed by atoms with van der Waals surface area (Å²) in [7, 11) is -3.54. The topological polar surface area (TPSA) is 122 Å². The van der Waals surface area contributed by atoms with Crippen molar-refractivity contribution >= 4 is 15.7 Å². The van der Waals surface area contributed by atoms with E-state index in [1.165, 1.54) is 18.2 Å². The summed E-state index contributed by atoms with van der Waals surface area (Å²) in [6.45, 7) is 0.149. The zero-order chi connectivity index (χ0) is 14.3. The fourth-order valence-electron chi connectivity index (χ4n) is 1.22. The van der Waals surface area contributed by atoms with Crippen LogP contribution in [-0.2, 0) is 14.8 Å². The summed E-state index contributed by atoms with van der Waals surface area (Å²) in [5, 5.41) is 15.5. The number of nitrogens with zero attached hydrogens (tertiary/aromatic N) is 1. The normalized spacial score (nSPS) is 11.2. The minimum Gasteiger partial charge on any atom is -0.484 e. The predicted octanol–water partition coefficient (Wildman–Crippen LogP) is 0.279. The van der Waals surface area contributed by atoms with Crippen molar-refractivity contribution < 1.29 is 22.8 Å². The molecule has 0 aromatic heterocycles. The first-order valence-corrected chi connectivity index (χ1v) is 7.06. The molecule has 1 aromatic rings. The zero-order valence-electron chi connectivity index (χ0n) is 10.0. The standard InChI is InChI=1S/C10H14N2O6S/c11-19(15,16)8-7-17-5-6-18-10-4-2-1-3-9(10)12(13)14/h1-4H,5-8H2,(H2,11,15,16). The molecule has 0 radical (unpaired) electrons. The maximum Gasteiger partial charge on any atom is 0.310 e. The van der Waals surface area contributed by atoms with Crippen molar-refractivity contribution in [2.24, 2.45) is 5.14 Å². The number of hydrogen-bond acceptors (Lipinski definition) is 6. The number of nitro groups is 1. The average molecular weight is 290 g/mol. The monoisotopic (exact) mass is 290 g/mol. The van der Waals surface area contributed by atoms with Crippen LogP contribution in [-0.4, -0.2) is 38.9 Å². The van der Waals surface area contributed by atoms with Gasteiger partial charge in [0.1, 0.15) is 6.61 Å². The van der Waals surface area contributed by atoms with E-state index in [1.807, 2.05) is 0 Å². The first kappa shape index (κ1) is 15.3. The van der Waals surface area contributed by atoms with E-state index in [-0.39, 0.29) is 37.0 Å². The van der Waals surface area contributed by atoms with Gasteiger partial charge in [-0.05, 0) is 6.07 Å². The molecule has 0 aliphatic heterocycles. The highest BCUT2D eigenvalue weighted by atomic mass is 32.2. The molecule has 0 saturated heterocycles. The van der Waals surface area contributed by atoms with Crippen LogP contribution in [0.25, 0.3) is 0 Å². The van der Waals surface area contributed by atoms with Crippen LogP contribution in [0.5, 0.6) is 5.75 Å². The van der Waals surface area contributed by atoms with E-state index in [2.05, 4.69) is 0 Å². The van der Waals surface area contributed by atoms with Crippen molar-refractivity contribution in [3.05, 3.63) is 34.4 Å². The van der Waals surface area contributed by atoms with Crippen LogP contribution >= 0.6 is 0 Å². The SMILES string of the molecule is NS(=O)(=O)CCOCCOc1ccccc1[N+](=O)[O-]. The predicted molar refractivity (Wildman–Crippen MR) is 67.4 cm³/mol. The van der Waals surface area contributed by atoms with Crippen molar-refractivity contribution in [3.8, 4) is 5.75 Å². The second-order valence-electron chi connectivity index (χ2n) is 3.55. The molecule has 1 rings (SSSR count). The molecule has 0 heterocycles. The zero-order valence-corrected chi connectivity index (χ0v) is 10.8. The van der Waals surface area contributed by atoms with Gasteiger partial charge in [-0.2, -0.15) is 0 Å². The van der Waals surface area contributed by atoms with Crippen molar-refractivity contribution in [2.45, 2.75) is 0 Å². The Morgan fingerprint density at radius 3 is 2.53 bits per heavy atom. The molecular weight excluding hydrogens is 276 g/mol. The van der Waals surface area contributed by atoms with E-state index >= 15 is 0 Å². The van der Waals surface area contributed by atoms with E-state index in [0.29, 0.717) is 0 Å². The highest BCUT2D eigenvalue weighted by Crippen LogP contribution is 2.25. The molecule has 0 bridgehead atoms. The number of para-hydroxylation sites is 2. The average Bonchev–Trinajstić information content (AvgIpc) is 2.32. The lowest BCUT2D eigenvalue weighted by Crippen LogP contribution is -2.21. The summed E-state index contributed by atoms with van der Waals surface area (Å²) in [4.78, 5) is 10.1. The Balaban J connectivity index is 2.32. The van der Waals surface area contributed by atoms with Crippen LogP contribution in [0.2, 0.25) is 0 Å². The number of rotatable bonds is 8. The molecule has 0 saturated carbocycles. The lowest BCUT2D eigenvalue weighted by atomic mass is 10.3. The van der Waals surface area contributed by atoms with Crippen LogP contribution in [0.4, 0.5) is 5.69 Å². The molecule has 0 unspecified atom stereocenters. The molecule has 19 heavy (non-hydrogen) atoms. The maximum atomic E-state index is 10.7. The van der Waals surface area contributed by atoms with Gasteiger partial charge >= 0.3 is 5.69 Å². The summed E-state index contributed by atoms with van der Waals surface area (Å²) in [5.74, 6) is -0.138. The summed E-state index contributed by atoms with van der Waals surface area (Å²) in [6.07, 6.45) is 0. The van der Waals surface area contributed by atoms with Crippen molar-refractivity contribution in [2.75, 3.05) is 25.6 Å². The third-order valence-corrected chi connectivity index (χ3v) is 2.80. The van der Waals surface area contributed by atoms with Gasteiger partial charge < -0.3 is 9.47 Å². The number of benzene rings is 1. The number of primary sulfonamides is 1. The van der Waals surface area contributed by atoms with Crippen LogP contribution in [0, 0.1) is 10.1 Å². The Kier molecular flexibility index (Phi) is 5.67. The fraction of sp³-hybridized carbons (Fsp3) is 0.400. The Morgan fingerprint density at radius 2 is 1.89 bits per heavy atom. The number of sulfonamides is 1. The third-order valence-electron chi connectivity index (χ3n) is 2.06. The molecule has 9 heteroatoms. The van der Waals surface area contributed by atoms with E-state index in [4.69, 9.17) is 14.6 Å². The molecule has 0 atom stereocenters. The molecular formula is C10H14N2O6S. The smallest absolute Gasteiger partial charge is 0.310 e. The lowest BCUT2D eigenvalue weighted by Gasteiger charge is -2.07. The van der Waals surface area contributed by atoms with Crippen molar-refractivity contribution in [1.29, 1.82) is 0 Å². The molecule has 8 nitrogen and oxygen atoms in total. The molecule has 0 aliphatic carbocycles.